The van der Waals surface area contributed by atoms with Crippen molar-refractivity contribution in [3.8, 4) is 0 Å². The van der Waals surface area contributed by atoms with E-state index in [9.17, 15) is 0 Å². The van der Waals surface area contributed by atoms with E-state index in [1.165, 1.54) is 22.3 Å². The van der Waals surface area contributed by atoms with Crippen LogP contribution in [0.2, 0.25) is 0 Å². The average molecular weight is 262 g/mol. The van der Waals surface area contributed by atoms with E-state index in [0.717, 1.165) is 12.8 Å². The van der Waals surface area contributed by atoms with Gasteiger partial charge in [-0.25, -0.2) is 0 Å². The SMILES string of the molecule is CC/C=C(CC)/C(=C/c1ccccc1)c1ccccc1. The molecule has 0 heteroatoms. The van der Waals surface area contributed by atoms with Crippen LogP contribution in [-0.4, -0.2) is 0 Å². The van der Waals surface area contributed by atoms with Crippen LogP contribution in [-0.2, 0) is 0 Å². The molecule has 0 atom stereocenters. The van der Waals surface area contributed by atoms with Gasteiger partial charge in [0.25, 0.3) is 0 Å². The van der Waals surface area contributed by atoms with E-state index in [2.05, 4.69) is 86.7 Å². The first-order valence-corrected chi connectivity index (χ1v) is 7.36. The molecule has 0 saturated carbocycles. The normalized spacial score (nSPS) is 12.5. The van der Waals surface area contributed by atoms with Crippen molar-refractivity contribution < 1.29 is 0 Å². The van der Waals surface area contributed by atoms with Crippen molar-refractivity contribution in [1.29, 1.82) is 0 Å². The number of allylic oxidation sites excluding steroid dienone is 3. The lowest BCUT2D eigenvalue weighted by Crippen LogP contribution is -1.90. The van der Waals surface area contributed by atoms with Crippen molar-refractivity contribution in [2.24, 2.45) is 0 Å². The van der Waals surface area contributed by atoms with Gasteiger partial charge in [-0.05, 0) is 41.2 Å². The molecule has 0 fully saturated rings. The molecule has 0 saturated heterocycles. The van der Waals surface area contributed by atoms with Crippen LogP contribution in [0.3, 0.4) is 0 Å². The molecule has 0 aliphatic heterocycles. The Hall–Kier alpha value is -2.08. The second-order valence-corrected chi connectivity index (χ2v) is 4.83. The Morgan fingerprint density at radius 3 is 2.00 bits per heavy atom. The molecule has 2 aromatic carbocycles. The molecule has 0 nitrogen and oxygen atoms in total. The highest BCUT2D eigenvalue weighted by atomic mass is 14.1. The van der Waals surface area contributed by atoms with Crippen LogP contribution in [0.1, 0.15) is 37.8 Å². The van der Waals surface area contributed by atoms with Crippen molar-refractivity contribution in [3.05, 3.63) is 83.4 Å². The fourth-order valence-corrected chi connectivity index (χ4v) is 2.39. The highest BCUT2D eigenvalue weighted by molar-refractivity contribution is 5.90. The van der Waals surface area contributed by atoms with E-state index >= 15 is 0 Å². The third-order valence-electron chi connectivity index (χ3n) is 3.37. The molecule has 102 valence electrons. The summed E-state index contributed by atoms with van der Waals surface area (Å²) >= 11 is 0. The molecule has 0 radical (unpaired) electrons. The van der Waals surface area contributed by atoms with Gasteiger partial charge in [0, 0.05) is 0 Å². The van der Waals surface area contributed by atoms with Crippen molar-refractivity contribution in [3.63, 3.8) is 0 Å². The third-order valence-corrected chi connectivity index (χ3v) is 3.37. The molecular weight excluding hydrogens is 240 g/mol. The van der Waals surface area contributed by atoms with Crippen molar-refractivity contribution >= 4 is 11.6 Å². The summed E-state index contributed by atoms with van der Waals surface area (Å²) in [5.41, 5.74) is 5.29. The minimum absolute atomic E-state index is 1.06. The summed E-state index contributed by atoms with van der Waals surface area (Å²) in [4.78, 5) is 0. The van der Waals surface area contributed by atoms with Gasteiger partial charge in [-0.1, -0.05) is 80.6 Å². The molecule has 0 unspecified atom stereocenters. The Morgan fingerprint density at radius 1 is 0.850 bits per heavy atom. The lowest BCUT2D eigenvalue weighted by atomic mass is 9.93. The molecule has 0 aliphatic carbocycles. The molecular formula is C20H22. The summed E-state index contributed by atoms with van der Waals surface area (Å²) in [7, 11) is 0. The largest absolute Gasteiger partial charge is 0.0810 e. The molecule has 0 aliphatic rings. The molecule has 0 aromatic heterocycles. The Labute approximate surface area is 122 Å². The molecule has 2 rings (SSSR count). The summed E-state index contributed by atoms with van der Waals surface area (Å²) in [6, 6.07) is 21.2. The highest BCUT2D eigenvalue weighted by Crippen LogP contribution is 2.28. The van der Waals surface area contributed by atoms with Crippen molar-refractivity contribution in [2.45, 2.75) is 26.7 Å². The van der Waals surface area contributed by atoms with Crippen LogP contribution < -0.4 is 0 Å². The van der Waals surface area contributed by atoms with Crippen LogP contribution in [0.4, 0.5) is 0 Å². The standard InChI is InChI=1S/C20H22/c1-3-11-18(4-2)20(19-14-9-6-10-15-19)16-17-12-7-5-8-13-17/h5-16H,3-4H2,1-2H3/b18-11+,20-16-. The zero-order chi connectivity index (χ0) is 14.2. The molecule has 0 spiro atoms. The first kappa shape index (κ1) is 14.3. The average Bonchev–Trinajstić information content (AvgIpc) is 2.52. The number of hydrogen-bond acceptors (Lipinski definition) is 0. The molecule has 0 N–H and O–H groups in total. The van der Waals surface area contributed by atoms with Crippen molar-refractivity contribution in [2.75, 3.05) is 0 Å². The lowest BCUT2D eigenvalue weighted by Gasteiger charge is -2.12. The van der Waals surface area contributed by atoms with E-state index in [0.29, 0.717) is 0 Å². The molecule has 0 amide bonds. The predicted octanol–water partition coefficient (Wildman–Crippen LogP) is 5.97. The van der Waals surface area contributed by atoms with Crippen LogP contribution in [0.25, 0.3) is 11.6 Å². The Kier molecular flexibility index (Phi) is 5.37. The van der Waals surface area contributed by atoms with E-state index in [-0.39, 0.29) is 0 Å². The van der Waals surface area contributed by atoms with Crippen molar-refractivity contribution in [1.82, 2.24) is 0 Å². The van der Waals surface area contributed by atoms with E-state index in [4.69, 9.17) is 0 Å². The smallest absolute Gasteiger partial charge is 0.0149 e. The molecule has 20 heavy (non-hydrogen) atoms. The summed E-state index contributed by atoms with van der Waals surface area (Å²) in [6.45, 7) is 4.42. The van der Waals surface area contributed by atoms with Gasteiger partial charge in [-0.2, -0.15) is 0 Å². The monoisotopic (exact) mass is 262 g/mol. The van der Waals surface area contributed by atoms with Gasteiger partial charge in [-0.15, -0.1) is 0 Å². The van der Waals surface area contributed by atoms with Crippen LogP contribution in [0.15, 0.2) is 72.3 Å². The molecule has 0 bridgehead atoms. The van der Waals surface area contributed by atoms with Gasteiger partial charge >= 0.3 is 0 Å². The minimum atomic E-state index is 1.06. The summed E-state index contributed by atoms with van der Waals surface area (Å²) in [6.07, 6.45) is 6.76. The zero-order valence-electron chi connectivity index (χ0n) is 12.3. The summed E-state index contributed by atoms with van der Waals surface area (Å²) in [5.74, 6) is 0. The molecule has 2 aromatic rings. The summed E-state index contributed by atoms with van der Waals surface area (Å²) in [5, 5.41) is 0. The Morgan fingerprint density at radius 2 is 1.45 bits per heavy atom. The maximum absolute atomic E-state index is 2.34. The highest BCUT2D eigenvalue weighted by Gasteiger charge is 2.06. The minimum Gasteiger partial charge on any atom is -0.0810 e. The first-order chi connectivity index (χ1) is 9.85. The lowest BCUT2D eigenvalue weighted by molar-refractivity contribution is 1.11. The Balaban J connectivity index is 2.50. The van der Waals surface area contributed by atoms with Gasteiger partial charge in [-0.3, -0.25) is 0 Å². The van der Waals surface area contributed by atoms with Gasteiger partial charge in [0.1, 0.15) is 0 Å². The molecule has 0 heterocycles. The summed E-state index contributed by atoms with van der Waals surface area (Å²) < 4.78 is 0. The van der Waals surface area contributed by atoms with E-state index < -0.39 is 0 Å². The van der Waals surface area contributed by atoms with E-state index in [1.807, 2.05) is 0 Å². The number of hydrogen-bond donors (Lipinski definition) is 0. The number of rotatable bonds is 5. The maximum Gasteiger partial charge on any atom is -0.0149 e. The fraction of sp³-hybridized carbons (Fsp3) is 0.200. The topological polar surface area (TPSA) is 0 Å². The third kappa shape index (κ3) is 3.71. The van der Waals surface area contributed by atoms with E-state index in [1.54, 1.807) is 0 Å². The first-order valence-electron chi connectivity index (χ1n) is 7.36. The van der Waals surface area contributed by atoms with Gasteiger partial charge in [0.15, 0.2) is 0 Å². The Bertz CT molecular complexity index is 574. The van der Waals surface area contributed by atoms with Crippen LogP contribution >= 0.6 is 0 Å². The quantitative estimate of drug-likeness (QED) is 0.459. The second kappa shape index (κ2) is 7.49. The predicted molar refractivity (Wildman–Crippen MR) is 89.4 cm³/mol. The van der Waals surface area contributed by atoms with Crippen LogP contribution in [0.5, 0.6) is 0 Å². The fourth-order valence-electron chi connectivity index (χ4n) is 2.39. The van der Waals surface area contributed by atoms with Gasteiger partial charge < -0.3 is 0 Å². The van der Waals surface area contributed by atoms with Gasteiger partial charge in [0.05, 0.1) is 0 Å². The maximum atomic E-state index is 2.34. The zero-order valence-corrected chi connectivity index (χ0v) is 12.3. The van der Waals surface area contributed by atoms with Gasteiger partial charge in [0.2, 0.25) is 0 Å². The van der Waals surface area contributed by atoms with Crippen LogP contribution in [0, 0.1) is 0 Å². The number of benzene rings is 2. The second-order valence-electron chi connectivity index (χ2n) is 4.83.